The number of aryl methyl sites for hydroxylation is 1. The topological polar surface area (TPSA) is 122 Å². The van der Waals surface area contributed by atoms with Crippen LogP contribution in [-0.2, 0) is 16.4 Å². The number of rotatable bonds is 6. The van der Waals surface area contributed by atoms with Gasteiger partial charge in [-0.25, -0.2) is 13.6 Å². The molecule has 0 bridgehead atoms. The zero-order valence-electron chi connectivity index (χ0n) is 14.3. The second-order valence-electron chi connectivity index (χ2n) is 5.88. The molecule has 7 nitrogen and oxygen atoms in total. The predicted molar refractivity (Wildman–Crippen MR) is 94.1 cm³/mol. The number of H-pyrrole nitrogens is 1. The van der Waals surface area contributed by atoms with E-state index in [1.807, 2.05) is 0 Å². The number of ketones is 1. The smallest absolute Gasteiger partial charge is 0.268 e. The highest BCUT2D eigenvalue weighted by atomic mass is 32.2. The largest absolute Gasteiger partial charge is 0.354 e. The molecule has 0 aliphatic carbocycles. The van der Waals surface area contributed by atoms with Gasteiger partial charge in [0, 0.05) is 17.8 Å². The third-order valence-corrected chi connectivity index (χ3v) is 4.90. The SMILES string of the molecule is CC(=O)c1c(C)[nH]c(C(=O)NCCc2ccc(S(N)(=O)=O)cc2)c1C. The van der Waals surface area contributed by atoms with Gasteiger partial charge >= 0.3 is 0 Å². The van der Waals surface area contributed by atoms with Crippen molar-refractivity contribution in [3.63, 3.8) is 0 Å². The van der Waals surface area contributed by atoms with E-state index in [0.717, 1.165) is 5.56 Å². The summed E-state index contributed by atoms with van der Waals surface area (Å²) in [4.78, 5) is 26.9. The van der Waals surface area contributed by atoms with Crippen molar-refractivity contribution >= 4 is 21.7 Å². The van der Waals surface area contributed by atoms with Crippen molar-refractivity contribution in [2.24, 2.45) is 5.14 Å². The van der Waals surface area contributed by atoms with Gasteiger partial charge in [-0.3, -0.25) is 9.59 Å². The number of nitrogens with two attached hydrogens (primary N) is 1. The summed E-state index contributed by atoms with van der Waals surface area (Å²) in [6.45, 7) is 5.34. The van der Waals surface area contributed by atoms with Gasteiger partial charge in [0.25, 0.3) is 5.91 Å². The Morgan fingerprint density at radius 3 is 2.24 bits per heavy atom. The number of hydrogen-bond acceptors (Lipinski definition) is 4. The van der Waals surface area contributed by atoms with E-state index < -0.39 is 10.0 Å². The number of nitrogens with one attached hydrogen (secondary N) is 2. The monoisotopic (exact) mass is 363 g/mol. The average Bonchev–Trinajstić information content (AvgIpc) is 2.81. The van der Waals surface area contributed by atoms with Crippen LogP contribution in [0, 0.1) is 13.8 Å². The molecular formula is C17H21N3O4S. The highest BCUT2D eigenvalue weighted by molar-refractivity contribution is 7.89. The van der Waals surface area contributed by atoms with Gasteiger partial charge in [0.05, 0.1) is 4.90 Å². The number of hydrogen-bond donors (Lipinski definition) is 3. The van der Waals surface area contributed by atoms with Gasteiger partial charge in [0.2, 0.25) is 10.0 Å². The zero-order valence-corrected chi connectivity index (χ0v) is 15.2. The Hall–Kier alpha value is -2.45. The molecule has 1 heterocycles. The van der Waals surface area contributed by atoms with Crippen LogP contribution in [0.25, 0.3) is 0 Å². The van der Waals surface area contributed by atoms with Crippen LogP contribution in [0.5, 0.6) is 0 Å². The summed E-state index contributed by atoms with van der Waals surface area (Å²) in [5.41, 5.74) is 3.11. The van der Waals surface area contributed by atoms with Crippen LogP contribution in [-0.4, -0.2) is 31.6 Å². The Morgan fingerprint density at radius 1 is 1.16 bits per heavy atom. The van der Waals surface area contributed by atoms with Gasteiger partial charge in [0.15, 0.2) is 5.78 Å². The van der Waals surface area contributed by atoms with E-state index in [-0.39, 0.29) is 16.6 Å². The Balaban J connectivity index is 1.99. The predicted octanol–water partition coefficient (Wildman–Crippen LogP) is 1.45. The van der Waals surface area contributed by atoms with Crippen molar-refractivity contribution in [2.45, 2.75) is 32.1 Å². The molecule has 1 amide bonds. The lowest BCUT2D eigenvalue weighted by atomic mass is 10.1. The maximum absolute atomic E-state index is 12.3. The minimum Gasteiger partial charge on any atom is -0.354 e. The fourth-order valence-electron chi connectivity index (χ4n) is 2.76. The first-order valence-corrected chi connectivity index (χ1v) is 9.26. The molecule has 0 aliphatic heterocycles. The third kappa shape index (κ3) is 4.34. The van der Waals surface area contributed by atoms with Crippen molar-refractivity contribution in [2.75, 3.05) is 6.54 Å². The van der Waals surface area contributed by atoms with Crippen LogP contribution < -0.4 is 10.5 Å². The number of aromatic nitrogens is 1. The molecule has 134 valence electrons. The molecule has 0 saturated carbocycles. The van der Waals surface area contributed by atoms with E-state index >= 15 is 0 Å². The summed E-state index contributed by atoms with van der Waals surface area (Å²) in [5, 5.41) is 7.84. The van der Waals surface area contributed by atoms with E-state index in [1.54, 1.807) is 26.0 Å². The fourth-order valence-corrected chi connectivity index (χ4v) is 3.28. The number of primary sulfonamides is 1. The summed E-state index contributed by atoms with van der Waals surface area (Å²) >= 11 is 0. The van der Waals surface area contributed by atoms with Crippen molar-refractivity contribution in [1.29, 1.82) is 0 Å². The zero-order chi connectivity index (χ0) is 18.8. The van der Waals surface area contributed by atoms with Crippen molar-refractivity contribution in [3.05, 3.63) is 52.3 Å². The first-order valence-electron chi connectivity index (χ1n) is 7.71. The quantitative estimate of drug-likeness (QED) is 0.672. The van der Waals surface area contributed by atoms with Gasteiger partial charge < -0.3 is 10.3 Å². The molecule has 25 heavy (non-hydrogen) atoms. The molecule has 0 saturated heterocycles. The molecule has 0 spiro atoms. The number of amides is 1. The van der Waals surface area contributed by atoms with E-state index in [1.165, 1.54) is 19.1 Å². The van der Waals surface area contributed by atoms with Crippen LogP contribution in [0.4, 0.5) is 0 Å². The normalized spacial score (nSPS) is 11.4. The lowest BCUT2D eigenvalue weighted by Crippen LogP contribution is -2.26. The first-order chi connectivity index (χ1) is 11.6. The van der Waals surface area contributed by atoms with Gasteiger partial charge in [-0.1, -0.05) is 12.1 Å². The number of Topliss-reactive ketones (excluding diaryl/α,β-unsaturated/α-hetero) is 1. The number of benzene rings is 1. The maximum Gasteiger partial charge on any atom is 0.268 e. The Kier molecular flexibility index (Phi) is 5.44. The van der Waals surface area contributed by atoms with Crippen LogP contribution in [0.2, 0.25) is 0 Å². The Labute approximate surface area is 146 Å². The highest BCUT2D eigenvalue weighted by Gasteiger charge is 2.19. The van der Waals surface area contributed by atoms with Crippen molar-refractivity contribution < 1.29 is 18.0 Å². The van der Waals surface area contributed by atoms with Crippen LogP contribution in [0.3, 0.4) is 0 Å². The van der Waals surface area contributed by atoms with E-state index in [4.69, 9.17) is 5.14 Å². The van der Waals surface area contributed by atoms with Gasteiger partial charge in [-0.2, -0.15) is 0 Å². The minimum atomic E-state index is -3.70. The van der Waals surface area contributed by atoms with Gasteiger partial charge in [0.1, 0.15) is 5.69 Å². The van der Waals surface area contributed by atoms with Gasteiger partial charge in [-0.05, 0) is 50.5 Å². The molecule has 0 unspecified atom stereocenters. The number of carbonyl (C=O) groups is 2. The minimum absolute atomic E-state index is 0.0505. The first kappa shape index (κ1) is 18.9. The molecule has 0 atom stereocenters. The van der Waals surface area contributed by atoms with Crippen LogP contribution >= 0.6 is 0 Å². The van der Waals surface area contributed by atoms with Crippen molar-refractivity contribution in [1.82, 2.24) is 10.3 Å². The Bertz CT molecular complexity index is 912. The summed E-state index contributed by atoms with van der Waals surface area (Å²) in [7, 11) is -3.70. The summed E-state index contributed by atoms with van der Waals surface area (Å²) < 4.78 is 22.4. The molecule has 2 aromatic rings. The molecule has 2 rings (SSSR count). The summed E-state index contributed by atoms with van der Waals surface area (Å²) in [5.74, 6) is -0.366. The molecule has 1 aromatic heterocycles. The average molecular weight is 363 g/mol. The molecular weight excluding hydrogens is 342 g/mol. The summed E-state index contributed by atoms with van der Waals surface area (Å²) in [6.07, 6.45) is 0.537. The highest BCUT2D eigenvalue weighted by Crippen LogP contribution is 2.18. The maximum atomic E-state index is 12.3. The number of sulfonamides is 1. The standard InChI is InChI=1S/C17H21N3O4S/c1-10-15(12(3)21)11(2)20-16(10)17(22)19-9-8-13-4-6-14(7-5-13)25(18,23)24/h4-7,20H,8-9H2,1-3H3,(H,19,22)(H2,18,23,24). The van der Waals surface area contributed by atoms with E-state index in [9.17, 15) is 18.0 Å². The number of carbonyl (C=O) groups excluding carboxylic acids is 2. The molecule has 0 aliphatic rings. The third-order valence-electron chi connectivity index (χ3n) is 3.97. The van der Waals surface area contributed by atoms with Crippen LogP contribution in [0.15, 0.2) is 29.2 Å². The summed E-state index contributed by atoms with van der Waals surface area (Å²) in [6, 6.07) is 6.18. The second-order valence-corrected chi connectivity index (χ2v) is 7.44. The van der Waals surface area contributed by atoms with Gasteiger partial charge in [-0.15, -0.1) is 0 Å². The van der Waals surface area contributed by atoms with E-state index in [2.05, 4.69) is 10.3 Å². The fraction of sp³-hybridized carbons (Fsp3) is 0.294. The van der Waals surface area contributed by atoms with E-state index in [0.29, 0.717) is 35.5 Å². The lowest BCUT2D eigenvalue weighted by Gasteiger charge is -2.06. The molecule has 0 radical (unpaired) electrons. The van der Waals surface area contributed by atoms with Crippen LogP contribution in [0.1, 0.15) is 44.6 Å². The Morgan fingerprint density at radius 2 is 1.76 bits per heavy atom. The van der Waals surface area contributed by atoms with Crippen molar-refractivity contribution in [3.8, 4) is 0 Å². The molecule has 0 fully saturated rings. The second kappa shape index (κ2) is 7.20. The molecule has 8 heteroatoms. The molecule has 1 aromatic carbocycles. The lowest BCUT2D eigenvalue weighted by molar-refractivity contribution is 0.0948. The molecule has 4 N–H and O–H groups in total. The number of aromatic amines is 1.